The second-order valence-corrected chi connectivity index (χ2v) is 5.69. The number of H-pyrrole nitrogens is 1. The number of aromatic nitrogens is 4. The van der Waals surface area contributed by atoms with E-state index in [1.165, 1.54) is 12.2 Å². The van der Waals surface area contributed by atoms with Crippen molar-refractivity contribution in [1.29, 1.82) is 0 Å². The fourth-order valence-electron chi connectivity index (χ4n) is 2.03. The Morgan fingerprint density at radius 3 is 3.28 bits per heavy atom. The second-order valence-electron chi connectivity index (χ2n) is 4.38. The van der Waals surface area contributed by atoms with Crippen LogP contribution in [-0.2, 0) is 6.42 Å². The van der Waals surface area contributed by atoms with Crippen LogP contribution in [0.15, 0.2) is 17.0 Å². The molecule has 0 aromatic carbocycles. The van der Waals surface area contributed by atoms with Gasteiger partial charge in [-0.05, 0) is 18.6 Å². The van der Waals surface area contributed by atoms with Gasteiger partial charge in [0.1, 0.15) is 0 Å². The molecule has 0 radical (unpaired) electrons. The molecule has 7 heteroatoms. The smallest absolute Gasteiger partial charge is 0.243 e. The van der Waals surface area contributed by atoms with Gasteiger partial charge in [-0.3, -0.25) is 0 Å². The van der Waals surface area contributed by atoms with Crippen LogP contribution >= 0.6 is 11.8 Å². The van der Waals surface area contributed by atoms with E-state index in [0.29, 0.717) is 17.6 Å². The van der Waals surface area contributed by atoms with Crippen molar-refractivity contribution in [2.24, 2.45) is 5.73 Å². The number of nitrogens with zero attached hydrogens (tertiary/aromatic N) is 3. The minimum atomic E-state index is -0.280. The van der Waals surface area contributed by atoms with Crippen LogP contribution in [0.3, 0.4) is 0 Å². The molecule has 96 valence electrons. The highest BCUT2D eigenvalue weighted by Gasteiger charge is 2.24. The summed E-state index contributed by atoms with van der Waals surface area (Å²) in [6.07, 6.45) is 6.36. The molecule has 0 aliphatic carbocycles. The van der Waals surface area contributed by atoms with E-state index in [4.69, 9.17) is 10.3 Å². The Morgan fingerprint density at radius 1 is 1.61 bits per heavy atom. The largest absolute Gasteiger partial charge is 0.348 e. The summed E-state index contributed by atoms with van der Waals surface area (Å²) in [5.74, 6) is 2.47. The third-order valence-electron chi connectivity index (χ3n) is 2.99. The normalized spacial score (nSPS) is 21.3. The molecule has 0 bridgehead atoms. The van der Waals surface area contributed by atoms with E-state index in [1.54, 1.807) is 12.5 Å². The molecule has 1 aliphatic heterocycles. The number of hydrogen-bond donors (Lipinski definition) is 2. The molecule has 3 heterocycles. The average Bonchev–Trinajstić information content (AvgIpc) is 3.11. The average molecular weight is 265 g/mol. The maximum atomic E-state index is 6.05. The zero-order valence-corrected chi connectivity index (χ0v) is 10.7. The number of rotatable bonds is 4. The first-order valence-electron chi connectivity index (χ1n) is 6.01. The van der Waals surface area contributed by atoms with E-state index in [1.807, 2.05) is 11.8 Å². The van der Waals surface area contributed by atoms with Gasteiger partial charge in [0.2, 0.25) is 5.89 Å². The lowest BCUT2D eigenvalue weighted by atomic mass is 10.2. The summed E-state index contributed by atoms with van der Waals surface area (Å²) in [5, 5.41) is 4.41. The molecule has 0 saturated carbocycles. The van der Waals surface area contributed by atoms with Gasteiger partial charge in [-0.1, -0.05) is 5.16 Å². The summed E-state index contributed by atoms with van der Waals surface area (Å²) in [6.45, 7) is 0. The summed E-state index contributed by atoms with van der Waals surface area (Å²) >= 11 is 1.88. The topological polar surface area (TPSA) is 93.6 Å². The van der Waals surface area contributed by atoms with Gasteiger partial charge >= 0.3 is 0 Å². The van der Waals surface area contributed by atoms with Crippen LogP contribution in [0.1, 0.15) is 41.5 Å². The lowest BCUT2D eigenvalue weighted by Crippen LogP contribution is -2.14. The zero-order chi connectivity index (χ0) is 12.4. The summed E-state index contributed by atoms with van der Waals surface area (Å²) in [5.41, 5.74) is 7.02. The quantitative estimate of drug-likeness (QED) is 0.872. The van der Waals surface area contributed by atoms with Crippen LogP contribution < -0.4 is 5.73 Å². The fraction of sp³-hybridized carbons (Fsp3) is 0.545. The maximum absolute atomic E-state index is 6.05. The second kappa shape index (κ2) is 5.11. The van der Waals surface area contributed by atoms with Crippen LogP contribution in [-0.4, -0.2) is 25.9 Å². The van der Waals surface area contributed by atoms with Crippen molar-refractivity contribution in [1.82, 2.24) is 20.1 Å². The third-order valence-corrected chi connectivity index (χ3v) is 4.36. The lowest BCUT2D eigenvalue weighted by Gasteiger charge is -2.04. The van der Waals surface area contributed by atoms with Crippen molar-refractivity contribution in [2.45, 2.75) is 30.6 Å². The number of hydrogen-bond acceptors (Lipinski definition) is 6. The predicted molar refractivity (Wildman–Crippen MR) is 68.0 cm³/mol. The minimum Gasteiger partial charge on any atom is -0.348 e. The fourth-order valence-corrected chi connectivity index (χ4v) is 3.23. The van der Waals surface area contributed by atoms with Gasteiger partial charge in [-0.25, -0.2) is 4.98 Å². The number of aromatic amines is 1. The molecule has 2 atom stereocenters. The molecular formula is C11H15N5OS. The van der Waals surface area contributed by atoms with Crippen LogP contribution in [0.25, 0.3) is 0 Å². The summed E-state index contributed by atoms with van der Waals surface area (Å²) < 4.78 is 5.25. The third kappa shape index (κ3) is 2.41. The summed E-state index contributed by atoms with van der Waals surface area (Å²) in [7, 11) is 0. The first-order chi connectivity index (χ1) is 8.83. The van der Waals surface area contributed by atoms with Crippen molar-refractivity contribution in [2.75, 3.05) is 5.75 Å². The van der Waals surface area contributed by atoms with Crippen LogP contribution in [0, 0.1) is 0 Å². The molecule has 1 unspecified atom stereocenters. The van der Waals surface area contributed by atoms with Crippen molar-refractivity contribution in [3.05, 3.63) is 29.9 Å². The van der Waals surface area contributed by atoms with Gasteiger partial charge in [0, 0.05) is 18.3 Å². The van der Waals surface area contributed by atoms with E-state index in [0.717, 1.165) is 17.9 Å². The molecule has 2 aromatic rings. The minimum absolute atomic E-state index is 0.280. The van der Waals surface area contributed by atoms with Crippen molar-refractivity contribution >= 4 is 11.8 Å². The van der Waals surface area contributed by atoms with E-state index in [2.05, 4.69) is 20.1 Å². The Bertz CT molecular complexity index is 491. The molecule has 3 N–H and O–H groups in total. The number of nitrogens with one attached hydrogen (secondary N) is 1. The van der Waals surface area contributed by atoms with Gasteiger partial charge in [-0.15, -0.1) is 0 Å². The molecular weight excluding hydrogens is 250 g/mol. The standard InChI is InChI=1S/C11H15N5OS/c12-8(4-7-5-13-6-14-7)11-15-10(16-17-11)9-2-1-3-18-9/h5-6,8-9H,1-4,12H2,(H,13,14)/t8-,9?/m0/s1. The van der Waals surface area contributed by atoms with Gasteiger partial charge in [0.05, 0.1) is 17.6 Å². The molecule has 0 amide bonds. The maximum Gasteiger partial charge on any atom is 0.243 e. The van der Waals surface area contributed by atoms with Crippen molar-refractivity contribution in [3.8, 4) is 0 Å². The van der Waals surface area contributed by atoms with E-state index in [-0.39, 0.29) is 6.04 Å². The van der Waals surface area contributed by atoms with E-state index >= 15 is 0 Å². The van der Waals surface area contributed by atoms with E-state index < -0.39 is 0 Å². The molecule has 1 aliphatic rings. The first kappa shape index (κ1) is 11.7. The van der Waals surface area contributed by atoms with Gasteiger partial charge < -0.3 is 15.2 Å². The Balaban J connectivity index is 1.68. The van der Waals surface area contributed by atoms with Gasteiger partial charge in [0.25, 0.3) is 0 Å². The molecule has 1 fully saturated rings. The van der Waals surface area contributed by atoms with Gasteiger partial charge in [-0.2, -0.15) is 16.7 Å². The van der Waals surface area contributed by atoms with Crippen LogP contribution in [0.4, 0.5) is 0 Å². The monoisotopic (exact) mass is 265 g/mol. The number of nitrogens with two attached hydrogens (primary N) is 1. The van der Waals surface area contributed by atoms with Crippen LogP contribution in [0.2, 0.25) is 0 Å². The van der Waals surface area contributed by atoms with Crippen LogP contribution in [0.5, 0.6) is 0 Å². The Labute approximate surface area is 109 Å². The van der Waals surface area contributed by atoms with Crippen molar-refractivity contribution < 1.29 is 4.52 Å². The molecule has 1 saturated heterocycles. The molecule has 0 spiro atoms. The SMILES string of the molecule is N[C@@H](Cc1cnc[nH]1)c1nc(C2CCCS2)no1. The highest BCUT2D eigenvalue weighted by molar-refractivity contribution is 7.99. The van der Waals surface area contributed by atoms with Gasteiger partial charge in [0.15, 0.2) is 5.82 Å². The number of thioether (sulfide) groups is 1. The number of imidazole rings is 1. The zero-order valence-electron chi connectivity index (χ0n) is 9.87. The Morgan fingerprint density at radius 2 is 2.56 bits per heavy atom. The molecule has 2 aromatic heterocycles. The molecule has 18 heavy (non-hydrogen) atoms. The van der Waals surface area contributed by atoms with E-state index in [9.17, 15) is 0 Å². The lowest BCUT2D eigenvalue weighted by molar-refractivity contribution is 0.349. The highest BCUT2D eigenvalue weighted by atomic mass is 32.2. The molecule has 6 nitrogen and oxygen atoms in total. The first-order valence-corrected chi connectivity index (χ1v) is 7.06. The molecule has 3 rings (SSSR count). The Hall–Kier alpha value is -1.34. The van der Waals surface area contributed by atoms with Crippen molar-refractivity contribution in [3.63, 3.8) is 0 Å². The Kier molecular flexibility index (Phi) is 3.33. The highest BCUT2D eigenvalue weighted by Crippen LogP contribution is 2.38. The summed E-state index contributed by atoms with van der Waals surface area (Å²) in [4.78, 5) is 11.4. The summed E-state index contributed by atoms with van der Waals surface area (Å²) in [6, 6.07) is -0.280. The predicted octanol–water partition coefficient (Wildman–Crippen LogP) is 1.60.